The minimum atomic E-state index is 0.522. The molecular formula is C16H27N3O. The molecule has 0 saturated carbocycles. The maximum atomic E-state index is 5.79. The summed E-state index contributed by atoms with van der Waals surface area (Å²) < 4.78 is 5.33. The number of rotatable bonds is 5. The van der Waals surface area contributed by atoms with Gasteiger partial charge in [-0.1, -0.05) is 13.0 Å². The lowest BCUT2D eigenvalue weighted by Gasteiger charge is -2.22. The van der Waals surface area contributed by atoms with E-state index in [1.165, 1.54) is 5.56 Å². The zero-order valence-electron chi connectivity index (χ0n) is 13.1. The van der Waals surface area contributed by atoms with Crippen molar-refractivity contribution in [3.05, 3.63) is 29.3 Å². The first kappa shape index (κ1) is 15.3. The Kier molecular flexibility index (Phi) is 5.02. The van der Waals surface area contributed by atoms with Crippen LogP contribution in [0.4, 0.5) is 0 Å². The van der Waals surface area contributed by atoms with Crippen LogP contribution in [0, 0.1) is 5.92 Å². The first-order chi connectivity index (χ1) is 9.55. The van der Waals surface area contributed by atoms with Crippen LogP contribution in [0.1, 0.15) is 18.1 Å². The Hall–Kier alpha value is -1.10. The fraction of sp³-hybridized carbons (Fsp3) is 0.625. The average molecular weight is 277 g/mol. The van der Waals surface area contributed by atoms with Crippen molar-refractivity contribution in [2.24, 2.45) is 11.7 Å². The molecule has 20 heavy (non-hydrogen) atoms. The van der Waals surface area contributed by atoms with E-state index in [-0.39, 0.29) is 0 Å². The fourth-order valence-corrected chi connectivity index (χ4v) is 3.20. The van der Waals surface area contributed by atoms with Crippen molar-refractivity contribution in [1.29, 1.82) is 0 Å². The normalized spacial score (nSPS) is 23.5. The van der Waals surface area contributed by atoms with Crippen molar-refractivity contribution in [1.82, 2.24) is 9.80 Å². The van der Waals surface area contributed by atoms with Gasteiger partial charge >= 0.3 is 0 Å². The quantitative estimate of drug-likeness (QED) is 0.886. The molecule has 2 unspecified atom stereocenters. The Morgan fingerprint density at radius 2 is 2.10 bits per heavy atom. The van der Waals surface area contributed by atoms with Gasteiger partial charge in [0.15, 0.2) is 0 Å². The molecule has 112 valence electrons. The fourth-order valence-electron chi connectivity index (χ4n) is 3.20. The van der Waals surface area contributed by atoms with E-state index < -0.39 is 0 Å². The molecule has 1 saturated heterocycles. The molecule has 1 aliphatic heterocycles. The highest BCUT2D eigenvalue weighted by Crippen LogP contribution is 2.24. The number of methoxy groups -OCH3 is 1. The Balaban J connectivity index is 2.04. The highest BCUT2D eigenvalue weighted by atomic mass is 16.5. The van der Waals surface area contributed by atoms with Crippen molar-refractivity contribution in [2.75, 3.05) is 34.3 Å². The molecule has 2 N–H and O–H groups in total. The van der Waals surface area contributed by atoms with E-state index in [2.05, 4.69) is 43.0 Å². The molecule has 2 rings (SSSR count). The first-order valence-corrected chi connectivity index (χ1v) is 7.29. The summed E-state index contributed by atoms with van der Waals surface area (Å²) in [6.07, 6.45) is 0. The van der Waals surface area contributed by atoms with Crippen molar-refractivity contribution >= 4 is 0 Å². The van der Waals surface area contributed by atoms with Crippen LogP contribution >= 0.6 is 0 Å². The van der Waals surface area contributed by atoms with Gasteiger partial charge in [-0.05, 0) is 37.7 Å². The number of hydrogen-bond donors (Lipinski definition) is 1. The summed E-state index contributed by atoms with van der Waals surface area (Å²) >= 11 is 0. The Morgan fingerprint density at radius 1 is 1.35 bits per heavy atom. The van der Waals surface area contributed by atoms with Gasteiger partial charge in [-0.25, -0.2) is 0 Å². The largest absolute Gasteiger partial charge is 0.496 e. The van der Waals surface area contributed by atoms with E-state index in [4.69, 9.17) is 10.5 Å². The summed E-state index contributed by atoms with van der Waals surface area (Å²) in [6.45, 7) is 6.15. The molecular weight excluding hydrogens is 250 g/mol. The highest BCUT2D eigenvalue weighted by Gasteiger charge is 2.30. The van der Waals surface area contributed by atoms with Gasteiger partial charge in [0.2, 0.25) is 0 Å². The molecule has 1 fully saturated rings. The number of nitrogens with zero attached hydrogens (tertiary/aromatic N) is 2. The Morgan fingerprint density at radius 3 is 2.65 bits per heavy atom. The van der Waals surface area contributed by atoms with Crippen LogP contribution in [-0.2, 0) is 13.1 Å². The molecule has 0 radical (unpaired) electrons. The van der Waals surface area contributed by atoms with Crippen LogP contribution < -0.4 is 10.5 Å². The molecule has 1 aromatic carbocycles. The minimum Gasteiger partial charge on any atom is -0.496 e. The second-order valence-electron chi connectivity index (χ2n) is 6.05. The smallest absolute Gasteiger partial charge is 0.123 e. The molecule has 0 bridgehead atoms. The summed E-state index contributed by atoms with van der Waals surface area (Å²) in [5.74, 6) is 1.61. The molecule has 0 amide bonds. The molecule has 0 aliphatic carbocycles. The van der Waals surface area contributed by atoms with E-state index in [0.717, 1.165) is 36.9 Å². The monoisotopic (exact) mass is 277 g/mol. The number of nitrogens with two attached hydrogens (primary N) is 1. The van der Waals surface area contributed by atoms with E-state index in [9.17, 15) is 0 Å². The second-order valence-corrected chi connectivity index (χ2v) is 6.05. The standard InChI is InChI=1S/C16H27N3O/c1-12-9-19(11-15(12)18(2)3)10-13-5-6-16(20-4)14(7-13)8-17/h5-7,12,15H,8-11,17H2,1-4H3. The van der Waals surface area contributed by atoms with E-state index in [1.54, 1.807) is 7.11 Å². The van der Waals surface area contributed by atoms with Gasteiger partial charge in [-0.3, -0.25) is 4.90 Å². The molecule has 4 heteroatoms. The van der Waals surface area contributed by atoms with E-state index in [1.807, 2.05) is 6.07 Å². The molecule has 2 atom stereocenters. The summed E-state index contributed by atoms with van der Waals surface area (Å²) in [5, 5.41) is 0. The lowest BCUT2D eigenvalue weighted by molar-refractivity contribution is 0.250. The number of benzene rings is 1. The predicted molar refractivity (Wildman–Crippen MR) is 82.8 cm³/mol. The molecule has 1 aromatic rings. The van der Waals surface area contributed by atoms with Gasteiger partial charge < -0.3 is 15.4 Å². The van der Waals surface area contributed by atoms with Crippen LogP contribution in [0.3, 0.4) is 0 Å². The van der Waals surface area contributed by atoms with Gasteiger partial charge in [0, 0.05) is 37.8 Å². The molecule has 4 nitrogen and oxygen atoms in total. The Labute approximate surface area is 122 Å². The summed E-state index contributed by atoms with van der Waals surface area (Å²) in [7, 11) is 6.03. The lowest BCUT2D eigenvalue weighted by atomic mass is 10.1. The molecule has 1 aliphatic rings. The third-order valence-electron chi connectivity index (χ3n) is 4.28. The maximum Gasteiger partial charge on any atom is 0.123 e. The second kappa shape index (κ2) is 6.57. The third-order valence-corrected chi connectivity index (χ3v) is 4.28. The van der Waals surface area contributed by atoms with Gasteiger partial charge in [0.25, 0.3) is 0 Å². The zero-order valence-corrected chi connectivity index (χ0v) is 13.1. The van der Waals surface area contributed by atoms with Gasteiger partial charge in [0.05, 0.1) is 7.11 Å². The Bertz CT molecular complexity index is 447. The van der Waals surface area contributed by atoms with Crippen molar-refractivity contribution in [2.45, 2.75) is 26.1 Å². The van der Waals surface area contributed by atoms with Gasteiger partial charge in [0.1, 0.15) is 5.75 Å². The van der Waals surface area contributed by atoms with Gasteiger partial charge in [-0.15, -0.1) is 0 Å². The predicted octanol–water partition coefficient (Wildman–Crippen LogP) is 1.54. The number of likely N-dealkylation sites (N-methyl/N-ethyl adjacent to an activating group) is 1. The van der Waals surface area contributed by atoms with E-state index in [0.29, 0.717) is 12.6 Å². The van der Waals surface area contributed by atoms with Gasteiger partial charge in [-0.2, -0.15) is 0 Å². The van der Waals surface area contributed by atoms with Crippen LogP contribution in [0.5, 0.6) is 5.75 Å². The molecule has 0 spiro atoms. The van der Waals surface area contributed by atoms with Crippen molar-refractivity contribution in [3.63, 3.8) is 0 Å². The lowest BCUT2D eigenvalue weighted by Crippen LogP contribution is -2.34. The third kappa shape index (κ3) is 3.32. The molecule has 0 aromatic heterocycles. The van der Waals surface area contributed by atoms with Crippen molar-refractivity contribution < 1.29 is 4.74 Å². The van der Waals surface area contributed by atoms with Crippen LogP contribution in [0.2, 0.25) is 0 Å². The average Bonchev–Trinajstić information content (AvgIpc) is 2.79. The summed E-state index contributed by atoms with van der Waals surface area (Å²) in [5.41, 5.74) is 8.19. The minimum absolute atomic E-state index is 0.522. The zero-order chi connectivity index (χ0) is 14.7. The number of hydrogen-bond acceptors (Lipinski definition) is 4. The summed E-state index contributed by atoms with van der Waals surface area (Å²) in [4.78, 5) is 4.86. The topological polar surface area (TPSA) is 41.7 Å². The van der Waals surface area contributed by atoms with Crippen LogP contribution in [0.15, 0.2) is 18.2 Å². The SMILES string of the molecule is COc1ccc(CN2CC(C)C(N(C)C)C2)cc1CN. The number of ether oxygens (including phenoxy) is 1. The highest BCUT2D eigenvalue weighted by molar-refractivity contribution is 5.37. The van der Waals surface area contributed by atoms with Crippen LogP contribution in [0.25, 0.3) is 0 Å². The first-order valence-electron chi connectivity index (χ1n) is 7.29. The van der Waals surface area contributed by atoms with Crippen molar-refractivity contribution in [3.8, 4) is 5.75 Å². The van der Waals surface area contributed by atoms with Crippen LogP contribution in [-0.4, -0.2) is 50.1 Å². The number of likely N-dealkylation sites (tertiary alicyclic amines) is 1. The summed E-state index contributed by atoms with van der Waals surface area (Å²) in [6, 6.07) is 7.00. The molecule has 1 heterocycles. The van der Waals surface area contributed by atoms with E-state index >= 15 is 0 Å². The maximum absolute atomic E-state index is 5.79.